The van der Waals surface area contributed by atoms with Crippen molar-refractivity contribution in [3.8, 4) is 6.07 Å². The highest BCUT2D eigenvalue weighted by Gasteiger charge is 2.17. The third kappa shape index (κ3) is 3.80. The number of carbonyl (C=O) groups excluding carboxylic acids is 1. The van der Waals surface area contributed by atoms with E-state index in [1.807, 2.05) is 6.07 Å². The molecule has 0 saturated carbocycles. The van der Waals surface area contributed by atoms with Crippen LogP contribution in [0.3, 0.4) is 0 Å². The standard InChI is InChI=1S/C20H21N7O/c21-11-14-5-1-2-7-17(14)25-20(28)16-13-23-27-10-8-18(26-19(16)27)24-15-6-3-4-9-22-12-15/h1-2,5,7-8,10,13,15,22H,3-4,6,9,12H2,(H,24,26)(H,25,28). The molecule has 1 aromatic carbocycles. The Labute approximate surface area is 162 Å². The van der Waals surface area contributed by atoms with Gasteiger partial charge in [0.2, 0.25) is 0 Å². The van der Waals surface area contributed by atoms with Gasteiger partial charge in [0, 0.05) is 18.8 Å². The largest absolute Gasteiger partial charge is 0.366 e. The number of fused-ring (bicyclic) bond motifs is 1. The molecule has 0 aliphatic carbocycles. The van der Waals surface area contributed by atoms with Gasteiger partial charge in [-0.2, -0.15) is 10.4 Å². The van der Waals surface area contributed by atoms with Crippen LogP contribution >= 0.6 is 0 Å². The zero-order chi connectivity index (χ0) is 19.3. The van der Waals surface area contributed by atoms with E-state index in [2.05, 4.69) is 32.1 Å². The zero-order valence-corrected chi connectivity index (χ0v) is 15.4. The number of hydrogen-bond acceptors (Lipinski definition) is 6. The topological polar surface area (TPSA) is 107 Å². The number of nitrogens with zero attached hydrogens (tertiary/aromatic N) is 4. The van der Waals surface area contributed by atoms with E-state index in [-0.39, 0.29) is 5.91 Å². The summed E-state index contributed by atoms with van der Waals surface area (Å²) in [7, 11) is 0. The van der Waals surface area contributed by atoms with Gasteiger partial charge in [0.25, 0.3) is 5.91 Å². The van der Waals surface area contributed by atoms with Gasteiger partial charge >= 0.3 is 0 Å². The number of nitriles is 1. The van der Waals surface area contributed by atoms with Crippen molar-refractivity contribution in [2.24, 2.45) is 0 Å². The average Bonchev–Trinajstić information content (AvgIpc) is 2.97. The highest BCUT2D eigenvalue weighted by molar-refractivity contribution is 6.08. The first-order valence-corrected chi connectivity index (χ1v) is 9.37. The van der Waals surface area contributed by atoms with E-state index in [1.165, 1.54) is 19.0 Å². The summed E-state index contributed by atoms with van der Waals surface area (Å²) < 4.78 is 1.57. The van der Waals surface area contributed by atoms with E-state index >= 15 is 0 Å². The number of amides is 1. The average molecular weight is 375 g/mol. The smallest absolute Gasteiger partial charge is 0.261 e. The maximum absolute atomic E-state index is 12.8. The number of hydrogen-bond donors (Lipinski definition) is 3. The Morgan fingerprint density at radius 1 is 1.29 bits per heavy atom. The number of rotatable bonds is 4. The maximum atomic E-state index is 12.8. The van der Waals surface area contributed by atoms with Crippen LogP contribution in [0.1, 0.15) is 35.2 Å². The monoisotopic (exact) mass is 375 g/mol. The summed E-state index contributed by atoms with van der Waals surface area (Å²) in [5.74, 6) is 0.367. The number of anilines is 2. The Morgan fingerprint density at radius 2 is 2.18 bits per heavy atom. The molecule has 3 aromatic rings. The van der Waals surface area contributed by atoms with E-state index in [4.69, 9.17) is 0 Å². The fourth-order valence-electron chi connectivity index (χ4n) is 3.34. The zero-order valence-electron chi connectivity index (χ0n) is 15.4. The first kappa shape index (κ1) is 17.9. The van der Waals surface area contributed by atoms with Crippen molar-refractivity contribution in [1.82, 2.24) is 19.9 Å². The summed E-state index contributed by atoms with van der Waals surface area (Å²) in [6, 6.07) is 11.1. The van der Waals surface area contributed by atoms with Crippen molar-refractivity contribution in [2.45, 2.75) is 25.3 Å². The minimum atomic E-state index is -0.349. The van der Waals surface area contributed by atoms with E-state index in [9.17, 15) is 10.1 Å². The molecule has 1 aliphatic heterocycles. The molecular formula is C20H21N7O. The molecule has 1 atom stereocenters. The van der Waals surface area contributed by atoms with Gasteiger partial charge in [-0.1, -0.05) is 18.6 Å². The highest BCUT2D eigenvalue weighted by Crippen LogP contribution is 2.18. The molecular weight excluding hydrogens is 354 g/mol. The molecule has 1 amide bonds. The van der Waals surface area contributed by atoms with Gasteiger partial charge < -0.3 is 16.0 Å². The summed E-state index contributed by atoms with van der Waals surface area (Å²) in [5, 5.41) is 23.1. The van der Waals surface area contributed by atoms with Crippen LogP contribution in [0, 0.1) is 11.3 Å². The van der Waals surface area contributed by atoms with E-state index in [0.717, 1.165) is 19.5 Å². The molecule has 1 fully saturated rings. The summed E-state index contributed by atoms with van der Waals surface area (Å²) in [4.78, 5) is 17.4. The van der Waals surface area contributed by atoms with Crippen LogP contribution in [0.4, 0.5) is 11.5 Å². The Kier molecular flexibility index (Phi) is 5.17. The van der Waals surface area contributed by atoms with Gasteiger partial charge in [-0.05, 0) is 37.6 Å². The third-order valence-electron chi connectivity index (χ3n) is 4.81. The lowest BCUT2D eigenvalue weighted by atomic mass is 10.1. The second-order valence-corrected chi connectivity index (χ2v) is 6.79. The third-order valence-corrected chi connectivity index (χ3v) is 4.81. The Morgan fingerprint density at radius 3 is 3.07 bits per heavy atom. The predicted octanol–water partition coefficient (Wildman–Crippen LogP) is 2.41. The molecule has 4 rings (SSSR count). The Balaban J connectivity index is 1.57. The number of nitrogens with one attached hydrogen (secondary N) is 3. The quantitative estimate of drug-likeness (QED) is 0.646. The molecule has 8 nitrogen and oxygen atoms in total. The van der Waals surface area contributed by atoms with Crippen molar-refractivity contribution in [2.75, 3.05) is 23.7 Å². The molecule has 2 aromatic heterocycles. The fourth-order valence-corrected chi connectivity index (χ4v) is 3.34. The fraction of sp³-hybridized carbons (Fsp3) is 0.300. The summed E-state index contributed by atoms with van der Waals surface area (Å²) in [6.07, 6.45) is 6.71. The van der Waals surface area contributed by atoms with Crippen molar-refractivity contribution in [3.63, 3.8) is 0 Å². The van der Waals surface area contributed by atoms with Gasteiger partial charge in [0.1, 0.15) is 17.5 Å². The van der Waals surface area contributed by atoms with Crippen LogP contribution in [0.5, 0.6) is 0 Å². The van der Waals surface area contributed by atoms with Crippen LogP contribution in [0.25, 0.3) is 5.65 Å². The summed E-state index contributed by atoms with van der Waals surface area (Å²) >= 11 is 0. The minimum Gasteiger partial charge on any atom is -0.366 e. The molecule has 1 aliphatic rings. The number of carbonyl (C=O) groups is 1. The second kappa shape index (κ2) is 8.06. The number of para-hydroxylation sites is 1. The molecule has 0 radical (unpaired) electrons. The Hall–Kier alpha value is -3.44. The van der Waals surface area contributed by atoms with Crippen molar-refractivity contribution in [1.29, 1.82) is 5.26 Å². The van der Waals surface area contributed by atoms with Gasteiger partial charge in [-0.25, -0.2) is 9.50 Å². The van der Waals surface area contributed by atoms with Crippen molar-refractivity contribution >= 4 is 23.1 Å². The second-order valence-electron chi connectivity index (χ2n) is 6.79. The van der Waals surface area contributed by atoms with Crippen LogP contribution < -0.4 is 16.0 Å². The van der Waals surface area contributed by atoms with Gasteiger partial charge in [-0.15, -0.1) is 0 Å². The molecule has 1 saturated heterocycles. The highest BCUT2D eigenvalue weighted by atomic mass is 16.1. The Bertz CT molecular complexity index is 1030. The lowest BCUT2D eigenvalue weighted by molar-refractivity contribution is 0.102. The molecule has 8 heteroatoms. The van der Waals surface area contributed by atoms with Crippen LogP contribution in [0.15, 0.2) is 42.7 Å². The maximum Gasteiger partial charge on any atom is 0.261 e. The molecule has 142 valence electrons. The summed E-state index contributed by atoms with van der Waals surface area (Å²) in [5.41, 5.74) is 1.70. The lowest BCUT2D eigenvalue weighted by Crippen LogP contribution is -2.31. The number of benzene rings is 1. The first-order valence-electron chi connectivity index (χ1n) is 9.37. The lowest BCUT2D eigenvalue weighted by Gasteiger charge is -2.17. The van der Waals surface area contributed by atoms with Gasteiger partial charge in [-0.3, -0.25) is 4.79 Å². The molecule has 0 spiro atoms. The predicted molar refractivity (Wildman–Crippen MR) is 106 cm³/mol. The normalized spacial score (nSPS) is 16.9. The van der Waals surface area contributed by atoms with Crippen molar-refractivity contribution < 1.29 is 4.79 Å². The van der Waals surface area contributed by atoms with E-state index in [0.29, 0.717) is 34.3 Å². The molecule has 28 heavy (non-hydrogen) atoms. The SMILES string of the molecule is N#Cc1ccccc1NC(=O)c1cnn2ccc(NC3CCCCNC3)nc12. The van der Waals surface area contributed by atoms with E-state index in [1.54, 1.807) is 35.0 Å². The number of aromatic nitrogens is 3. The molecule has 0 bridgehead atoms. The first-order chi connectivity index (χ1) is 13.7. The van der Waals surface area contributed by atoms with Gasteiger partial charge in [0.15, 0.2) is 5.65 Å². The molecule has 3 heterocycles. The van der Waals surface area contributed by atoms with Crippen LogP contribution in [-0.4, -0.2) is 39.6 Å². The minimum absolute atomic E-state index is 0.306. The molecule has 1 unspecified atom stereocenters. The van der Waals surface area contributed by atoms with E-state index < -0.39 is 0 Å². The van der Waals surface area contributed by atoms with Crippen LogP contribution in [-0.2, 0) is 0 Å². The van der Waals surface area contributed by atoms with Gasteiger partial charge in [0.05, 0.1) is 17.4 Å². The summed E-state index contributed by atoms with van der Waals surface area (Å²) in [6.45, 7) is 1.94. The molecule has 3 N–H and O–H groups in total. The van der Waals surface area contributed by atoms with Crippen molar-refractivity contribution in [3.05, 3.63) is 53.9 Å². The van der Waals surface area contributed by atoms with Crippen LogP contribution in [0.2, 0.25) is 0 Å².